The van der Waals surface area contributed by atoms with Gasteiger partial charge in [-0.3, -0.25) is 9.78 Å². The highest BCUT2D eigenvalue weighted by molar-refractivity contribution is 5.76. The third-order valence-electron chi connectivity index (χ3n) is 2.22. The largest absolute Gasteiger partial charge is 0.372 e. The summed E-state index contributed by atoms with van der Waals surface area (Å²) in [4.78, 5) is 21.3. The minimum atomic E-state index is 0.0181. The van der Waals surface area contributed by atoms with Crippen molar-refractivity contribution in [3.63, 3.8) is 0 Å². The van der Waals surface area contributed by atoms with E-state index in [9.17, 15) is 4.79 Å². The lowest BCUT2D eigenvalue weighted by atomic mass is 10.3. The lowest BCUT2D eigenvalue weighted by Gasteiger charge is -2.17. The lowest BCUT2D eigenvalue weighted by Crippen LogP contribution is -2.27. The van der Waals surface area contributed by atoms with Gasteiger partial charge in [-0.05, 0) is 0 Å². The number of nitrogens with zero attached hydrogens (tertiary/aromatic N) is 3. The van der Waals surface area contributed by atoms with E-state index < -0.39 is 0 Å². The van der Waals surface area contributed by atoms with Crippen LogP contribution in [0.15, 0.2) is 12.4 Å². The monoisotopic (exact) mass is 223 g/mol. The zero-order valence-electron chi connectivity index (χ0n) is 9.82. The van der Waals surface area contributed by atoms with Gasteiger partial charge in [0, 0.05) is 34.1 Å². The van der Waals surface area contributed by atoms with E-state index in [1.165, 1.54) is 0 Å². The van der Waals surface area contributed by atoms with Crippen molar-refractivity contribution in [3.05, 3.63) is 12.4 Å². The summed E-state index contributed by atoms with van der Waals surface area (Å²) >= 11 is 0. The number of hydrogen-bond acceptors (Lipinski definition) is 5. The third-order valence-corrected chi connectivity index (χ3v) is 2.22. The van der Waals surface area contributed by atoms with E-state index in [0.717, 1.165) is 5.82 Å². The summed E-state index contributed by atoms with van der Waals surface area (Å²) in [6, 6.07) is 0. The molecule has 1 heterocycles. The van der Waals surface area contributed by atoms with Crippen LogP contribution in [0.5, 0.6) is 0 Å². The van der Waals surface area contributed by atoms with Crippen LogP contribution in [0.2, 0.25) is 0 Å². The Hall–Kier alpha value is -1.85. The van der Waals surface area contributed by atoms with Gasteiger partial charge in [0.05, 0.1) is 12.4 Å². The molecule has 0 aliphatic carbocycles. The van der Waals surface area contributed by atoms with E-state index in [2.05, 4.69) is 20.6 Å². The summed E-state index contributed by atoms with van der Waals surface area (Å²) < 4.78 is 0. The number of anilines is 2. The molecular weight excluding hydrogens is 206 g/mol. The first kappa shape index (κ1) is 12.2. The Morgan fingerprint density at radius 2 is 2.19 bits per heavy atom. The maximum absolute atomic E-state index is 11.1. The minimum Gasteiger partial charge on any atom is -0.372 e. The SMILES string of the molecule is CNC(=O)CCN(C)c1cncc(NC)n1. The van der Waals surface area contributed by atoms with Crippen LogP contribution in [0, 0.1) is 0 Å². The normalized spacial score (nSPS) is 9.69. The summed E-state index contributed by atoms with van der Waals surface area (Å²) in [7, 11) is 5.30. The predicted molar refractivity (Wildman–Crippen MR) is 63.5 cm³/mol. The molecule has 0 unspecified atom stereocenters. The Bertz CT molecular complexity index is 355. The molecule has 0 aliphatic heterocycles. The second-order valence-electron chi connectivity index (χ2n) is 3.36. The number of carbonyl (C=O) groups excluding carboxylic acids is 1. The fourth-order valence-corrected chi connectivity index (χ4v) is 1.17. The van der Waals surface area contributed by atoms with Crippen LogP contribution in [0.4, 0.5) is 11.6 Å². The molecule has 1 aromatic heterocycles. The molecule has 1 amide bonds. The van der Waals surface area contributed by atoms with Gasteiger partial charge < -0.3 is 15.5 Å². The molecule has 0 aliphatic rings. The van der Waals surface area contributed by atoms with Crippen LogP contribution in [0.3, 0.4) is 0 Å². The highest BCUT2D eigenvalue weighted by Gasteiger charge is 2.06. The van der Waals surface area contributed by atoms with Gasteiger partial charge in [0.15, 0.2) is 0 Å². The molecule has 1 rings (SSSR count). The Balaban J connectivity index is 2.58. The molecule has 0 aromatic carbocycles. The average Bonchev–Trinajstić information content (AvgIpc) is 2.35. The summed E-state index contributed by atoms with van der Waals surface area (Å²) in [6.45, 7) is 0.613. The van der Waals surface area contributed by atoms with Crippen molar-refractivity contribution < 1.29 is 4.79 Å². The molecule has 88 valence electrons. The highest BCUT2D eigenvalue weighted by atomic mass is 16.1. The van der Waals surface area contributed by atoms with E-state index in [1.54, 1.807) is 26.5 Å². The smallest absolute Gasteiger partial charge is 0.221 e. The van der Waals surface area contributed by atoms with Gasteiger partial charge in [0.2, 0.25) is 5.91 Å². The van der Waals surface area contributed by atoms with E-state index >= 15 is 0 Å². The number of aromatic nitrogens is 2. The summed E-state index contributed by atoms with van der Waals surface area (Å²) in [5.41, 5.74) is 0. The molecule has 0 saturated heterocycles. The van der Waals surface area contributed by atoms with E-state index in [0.29, 0.717) is 18.8 Å². The zero-order chi connectivity index (χ0) is 12.0. The number of rotatable bonds is 5. The van der Waals surface area contributed by atoms with Crippen molar-refractivity contribution in [2.24, 2.45) is 0 Å². The molecule has 0 spiro atoms. The highest BCUT2D eigenvalue weighted by Crippen LogP contribution is 2.10. The average molecular weight is 223 g/mol. The number of hydrogen-bond donors (Lipinski definition) is 2. The predicted octanol–water partition coefficient (Wildman–Crippen LogP) is 0.0906. The lowest BCUT2D eigenvalue weighted by molar-refractivity contribution is -0.120. The van der Waals surface area contributed by atoms with Crippen molar-refractivity contribution in [2.45, 2.75) is 6.42 Å². The van der Waals surface area contributed by atoms with Crippen LogP contribution >= 0.6 is 0 Å². The molecule has 0 fully saturated rings. The van der Waals surface area contributed by atoms with E-state index in [-0.39, 0.29) is 5.91 Å². The fourth-order valence-electron chi connectivity index (χ4n) is 1.17. The van der Waals surface area contributed by atoms with Crippen LogP contribution < -0.4 is 15.5 Å². The number of carbonyl (C=O) groups is 1. The summed E-state index contributed by atoms with van der Waals surface area (Å²) in [5.74, 6) is 1.48. The molecule has 16 heavy (non-hydrogen) atoms. The van der Waals surface area contributed by atoms with Crippen LogP contribution in [-0.2, 0) is 4.79 Å². The maximum Gasteiger partial charge on any atom is 0.221 e. The maximum atomic E-state index is 11.1. The molecule has 0 saturated carbocycles. The Morgan fingerprint density at radius 3 is 2.81 bits per heavy atom. The van der Waals surface area contributed by atoms with Gasteiger partial charge in [0.25, 0.3) is 0 Å². The van der Waals surface area contributed by atoms with Gasteiger partial charge in [-0.2, -0.15) is 0 Å². The Labute approximate surface area is 95.1 Å². The first-order valence-corrected chi connectivity index (χ1v) is 5.09. The quantitative estimate of drug-likeness (QED) is 0.740. The molecule has 6 heteroatoms. The molecule has 2 N–H and O–H groups in total. The first-order chi connectivity index (χ1) is 7.67. The van der Waals surface area contributed by atoms with Crippen LogP contribution in [0.1, 0.15) is 6.42 Å². The molecule has 6 nitrogen and oxygen atoms in total. The molecule has 1 aromatic rings. The second-order valence-corrected chi connectivity index (χ2v) is 3.36. The van der Waals surface area contributed by atoms with Gasteiger partial charge in [-0.15, -0.1) is 0 Å². The molecular formula is C10H17N5O. The van der Waals surface area contributed by atoms with Crippen LogP contribution in [0.25, 0.3) is 0 Å². The topological polar surface area (TPSA) is 70.2 Å². The summed E-state index contributed by atoms with van der Waals surface area (Å²) in [5, 5.41) is 5.50. The van der Waals surface area contributed by atoms with Crippen molar-refractivity contribution in [1.29, 1.82) is 0 Å². The van der Waals surface area contributed by atoms with E-state index in [1.807, 2.05) is 11.9 Å². The standard InChI is InChI=1S/C10H17N5O/c1-11-8-6-13-7-9(14-8)15(3)5-4-10(16)12-2/h6-7H,4-5H2,1-3H3,(H,11,14)(H,12,16). The number of nitrogens with one attached hydrogen (secondary N) is 2. The third kappa shape index (κ3) is 3.38. The van der Waals surface area contributed by atoms with Crippen molar-refractivity contribution in [3.8, 4) is 0 Å². The summed E-state index contributed by atoms with van der Waals surface area (Å²) in [6.07, 6.45) is 3.76. The molecule has 0 radical (unpaired) electrons. The van der Waals surface area contributed by atoms with Gasteiger partial charge in [-0.25, -0.2) is 4.98 Å². The second kappa shape index (κ2) is 5.89. The van der Waals surface area contributed by atoms with Crippen molar-refractivity contribution in [2.75, 3.05) is 37.9 Å². The van der Waals surface area contributed by atoms with Gasteiger partial charge in [-0.1, -0.05) is 0 Å². The first-order valence-electron chi connectivity index (χ1n) is 5.09. The fraction of sp³-hybridized carbons (Fsp3) is 0.500. The molecule has 0 bridgehead atoms. The minimum absolute atomic E-state index is 0.0181. The Morgan fingerprint density at radius 1 is 1.44 bits per heavy atom. The van der Waals surface area contributed by atoms with Crippen molar-refractivity contribution >= 4 is 17.5 Å². The molecule has 0 atom stereocenters. The van der Waals surface area contributed by atoms with Crippen LogP contribution in [-0.4, -0.2) is 43.6 Å². The number of amides is 1. The van der Waals surface area contributed by atoms with E-state index in [4.69, 9.17) is 0 Å². The Kier molecular flexibility index (Phi) is 4.50. The van der Waals surface area contributed by atoms with Gasteiger partial charge in [0.1, 0.15) is 11.6 Å². The van der Waals surface area contributed by atoms with Crippen molar-refractivity contribution in [1.82, 2.24) is 15.3 Å². The van der Waals surface area contributed by atoms with Gasteiger partial charge >= 0.3 is 0 Å². The zero-order valence-corrected chi connectivity index (χ0v) is 9.82.